The summed E-state index contributed by atoms with van der Waals surface area (Å²) in [5.74, 6) is 0.160. The lowest BCUT2D eigenvalue weighted by atomic mass is 9.98. The van der Waals surface area contributed by atoms with E-state index in [1.54, 1.807) is 34.6 Å². The molecule has 9 nitrogen and oxygen atoms in total. The standard InChI is InChI=1S/C23H31ClN6O3/c1-7-15-16(12-25)18(24)28-19(17(15)13-26)30-10-8-14(9-11-30)27-20(31)23(5,6)29-21(32)33-22(2,3)4/h14H,7-11H2,1-6H3,(H,27,31)(H,29,32). The van der Waals surface area contributed by atoms with Crippen LogP contribution in [-0.4, -0.2) is 47.3 Å². The number of nitrogens with zero attached hydrogens (tertiary/aromatic N) is 4. The fraction of sp³-hybridized carbons (Fsp3) is 0.609. The monoisotopic (exact) mass is 474 g/mol. The fourth-order valence-corrected chi connectivity index (χ4v) is 3.86. The van der Waals surface area contributed by atoms with Crippen LogP contribution in [0.15, 0.2) is 0 Å². The van der Waals surface area contributed by atoms with Gasteiger partial charge in [-0.15, -0.1) is 0 Å². The van der Waals surface area contributed by atoms with Crippen molar-refractivity contribution in [1.29, 1.82) is 10.5 Å². The predicted molar refractivity (Wildman–Crippen MR) is 125 cm³/mol. The number of nitriles is 2. The van der Waals surface area contributed by atoms with Gasteiger partial charge < -0.3 is 20.3 Å². The summed E-state index contributed by atoms with van der Waals surface area (Å²) in [6.07, 6.45) is 1.09. The molecule has 1 saturated heterocycles. The lowest BCUT2D eigenvalue weighted by Gasteiger charge is -2.35. The summed E-state index contributed by atoms with van der Waals surface area (Å²) in [6.45, 7) is 11.5. The van der Waals surface area contributed by atoms with Crippen molar-refractivity contribution in [2.45, 2.75) is 78.0 Å². The zero-order valence-corrected chi connectivity index (χ0v) is 20.8. The number of alkyl carbamates (subject to hydrolysis) is 1. The highest BCUT2D eigenvalue weighted by molar-refractivity contribution is 6.30. The largest absolute Gasteiger partial charge is 0.444 e. The molecule has 10 heteroatoms. The Bertz CT molecular complexity index is 995. The maximum Gasteiger partial charge on any atom is 0.408 e. The Morgan fingerprint density at radius 2 is 1.73 bits per heavy atom. The molecule has 1 aliphatic heterocycles. The van der Waals surface area contributed by atoms with Crippen LogP contribution >= 0.6 is 11.6 Å². The third kappa shape index (κ3) is 6.49. The molecule has 2 rings (SSSR count). The van der Waals surface area contributed by atoms with Gasteiger partial charge in [0.15, 0.2) is 0 Å². The van der Waals surface area contributed by atoms with E-state index in [4.69, 9.17) is 16.3 Å². The normalized spacial score (nSPS) is 14.8. The summed E-state index contributed by atoms with van der Waals surface area (Å²) in [5, 5.41) is 24.8. The Kier molecular flexibility index (Phi) is 8.16. The van der Waals surface area contributed by atoms with Crippen LogP contribution in [0.2, 0.25) is 5.15 Å². The second kappa shape index (κ2) is 10.3. The molecule has 0 radical (unpaired) electrons. The van der Waals surface area contributed by atoms with Gasteiger partial charge in [-0.3, -0.25) is 4.79 Å². The first-order valence-electron chi connectivity index (χ1n) is 10.9. The van der Waals surface area contributed by atoms with E-state index in [0.717, 1.165) is 0 Å². The number of anilines is 1. The first-order chi connectivity index (χ1) is 15.3. The Morgan fingerprint density at radius 3 is 2.21 bits per heavy atom. The average Bonchev–Trinajstić information content (AvgIpc) is 2.71. The molecule has 0 atom stereocenters. The van der Waals surface area contributed by atoms with Crippen LogP contribution in [0.3, 0.4) is 0 Å². The van der Waals surface area contributed by atoms with E-state index in [9.17, 15) is 20.1 Å². The number of carbonyl (C=O) groups is 2. The summed E-state index contributed by atoms with van der Waals surface area (Å²) < 4.78 is 5.24. The van der Waals surface area contributed by atoms with Crippen LogP contribution in [0.25, 0.3) is 0 Å². The molecule has 1 fully saturated rings. The van der Waals surface area contributed by atoms with E-state index in [2.05, 4.69) is 21.7 Å². The Morgan fingerprint density at radius 1 is 1.15 bits per heavy atom. The predicted octanol–water partition coefficient (Wildman–Crippen LogP) is 3.43. The molecule has 0 bridgehead atoms. The van der Waals surface area contributed by atoms with Gasteiger partial charge in [-0.05, 0) is 59.4 Å². The maximum atomic E-state index is 12.8. The minimum atomic E-state index is -1.15. The molecule has 1 aromatic heterocycles. The van der Waals surface area contributed by atoms with Crippen LogP contribution in [0.1, 0.15) is 71.1 Å². The van der Waals surface area contributed by atoms with Crippen LogP contribution in [0, 0.1) is 22.7 Å². The lowest BCUT2D eigenvalue weighted by molar-refractivity contribution is -0.127. The van der Waals surface area contributed by atoms with E-state index >= 15 is 0 Å². The third-order valence-corrected chi connectivity index (χ3v) is 5.60. The molecule has 2 N–H and O–H groups in total. The fourth-order valence-electron chi connectivity index (χ4n) is 3.62. The van der Waals surface area contributed by atoms with Crippen LogP contribution < -0.4 is 15.5 Å². The highest BCUT2D eigenvalue weighted by Crippen LogP contribution is 2.31. The molecule has 178 valence electrons. The van der Waals surface area contributed by atoms with Gasteiger partial charge in [0.05, 0.1) is 11.1 Å². The molecule has 1 aromatic rings. The number of piperidine rings is 1. The minimum Gasteiger partial charge on any atom is -0.444 e. The summed E-state index contributed by atoms with van der Waals surface area (Å²) in [7, 11) is 0. The van der Waals surface area contributed by atoms with Gasteiger partial charge in [0, 0.05) is 19.1 Å². The van der Waals surface area contributed by atoms with Crippen molar-refractivity contribution >= 4 is 29.4 Å². The number of nitrogens with one attached hydrogen (secondary N) is 2. The number of ether oxygens (including phenoxy) is 1. The number of aromatic nitrogens is 1. The highest BCUT2D eigenvalue weighted by atomic mass is 35.5. The zero-order chi connectivity index (χ0) is 25.0. The Balaban J connectivity index is 2.05. The van der Waals surface area contributed by atoms with Gasteiger partial charge >= 0.3 is 6.09 Å². The molecule has 0 unspecified atom stereocenters. The number of hydrogen-bond acceptors (Lipinski definition) is 7. The smallest absolute Gasteiger partial charge is 0.408 e. The van der Waals surface area contributed by atoms with Crippen molar-refractivity contribution in [3.8, 4) is 12.1 Å². The van der Waals surface area contributed by atoms with Crippen LogP contribution in [-0.2, 0) is 16.0 Å². The SMILES string of the molecule is CCc1c(C#N)c(Cl)nc(N2CCC(NC(=O)C(C)(C)NC(=O)OC(C)(C)C)CC2)c1C#N. The van der Waals surface area contributed by atoms with Crippen LogP contribution in [0.5, 0.6) is 0 Å². The molecule has 0 aromatic carbocycles. The van der Waals surface area contributed by atoms with Crippen LogP contribution in [0.4, 0.5) is 10.6 Å². The van der Waals surface area contributed by atoms with Crippen molar-refractivity contribution in [2.24, 2.45) is 0 Å². The van der Waals surface area contributed by atoms with Crippen molar-refractivity contribution in [3.63, 3.8) is 0 Å². The number of carbonyl (C=O) groups excluding carboxylic acids is 2. The summed E-state index contributed by atoms with van der Waals surface area (Å²) in [5.41, 5.74) is -0.609. The van der Waals surface area contributed by atoms with Crippen molar-refractivity contribution in [1.82, 2.24) is 15.6 Å². The maximum absolute atomic E-state index is 12.8. The number of halogens is 1. The van der Waals surface area contributed by atoms with E-state index in [1.807, 2.05) is 17.9 Å². The van der Waals surface area contributed by atoms with Gasteiger partial charge in [-0.2, -0.15) is 10.5 Å². The van der Waals surface area contributed by atoms with Gasteiger partial charge in [-0.25, -0.2) is 9.78 Å². The average molecular weight is 475 g/mol. The number of rotatable bonds is 5. The zero-order valence-electron chi connectivity index (χ0n) is 20.0. The van der Waals surface area contributed by atoms with Gasteiger partial charge in [0.1, 0.15) is 34.2 Å². The van der Waals surface area contributed by atoms with E-state index < -0.39 is 17.2 Å². The third-order valence-electron chi connectivity index (χ3n) is 5.33. The van der Waals surface area contributed by atoms with E-state index in [0.29, 0.717) is 49.3 Å². The van der Waals surface area contributed by atoms with Crippen molar-refractivity contribution < 1.29 is 14.3 Å². The molecule has 0 saturated carbocycles. The molecule has 0 aliphatic carbocycles. The van der Waals surface area contributed by atoms with E-state index in [-0.39, 0.29) is 22.7 Å². The summed E-state index contributed by atoms with van der Waals surface area (Å²) in [4.78, 5) is 31.1. The molecule has 2 heterocycles. The second-order valence-corrected chi connectivity index (χ2v) is 9.88. The minimum absolute atomic E-state index is 0.0914. The summed E-state index contributed by atoms with van der Waals surface area (Å²) >= 11 is 6.22. The lowest BCUT2D eigenvalue weighted by Crippen LogP contribution is -2.58. The molecule has 33 heavy (non-hydrogen) atoms. The summed E-state index contributed by atoms with van der Waals surface area (Å²) in [6, 6.07) is 4.12. The number of pyridine rings is 1. The number of hydrogen-bond donors (Lipinski definition) is 2. The molecule has 2 amide bonds. The quantitative estimate of drug-likeness (QED) is 0.625. The highest BCUT2D eigenvalue weighted by Gasteiger charge is 2.34. The van der Waals surface area contributed by atoms with Crippen molar-refractivity contribution in [3.05, 3.63) is 21.8 Å². The molecule has 0 spiro atoms. The molecular weight excluding hydrogens is 444 g/mol. The first-order valence-corrected chi connectivity index (χ1v) is 11.3. The first kappa shape index (κ1) is 26.2. The van der Waals surface area contributed by atoms with Gasteiger partial charge in [-0.1, -0.05) is 18.5 Å². The second-order valence-electron chi connectivity index (χ2n) is 9.52. The molecular formula is C23H31ClN6O3. The van der Waals surface area contributed by atoms with E-state index in [1.165, 1.54) is 0 Å². The Labute approximate surface area is 200 Å². The van der Waals surface area contributed by atoms with Gasteiger partial charge in [0.25, 0.3) is 0 Å². The Hall–Kier alpha value is -3.04. The molecule has 1 aliphatic rings. The topological polar surface area (TPSA) is 131 Å². The number of amides is 2. The van der Waals surface area contributed by atoms with Gasteiger partial charge in [0.2, 0.25) is 5.91 Å². The van der Waals surface area contributed by atoms with Crippen molar-refractivity contribution in [2.75, 3.05) is 18.0 Å².